The number of halogens is 3. The molecule has 1 aromatic heterocycles. The van der Waals surface area contributed by atoms with Crippen LogP contribution in [-0.4, -0.2) is 59.5 Å². The van der Waals surface area contributed by atoms with Crippen LogP contribution in [0.3, 0.4) is 0 Å². The third-order valence-corrected chi connectivity index (χ3v) is 7.18. The molecular weight excluding hydrogens is 545 g/mol. The van der Waals surface area contributed by atoms with Gasteiger partial charge in [0, 0.05) is 55.8 Å². The maximum absolute atomic E-state index is 13.7. The number of ether oxygens (including phenoxy) is 1. The van der Waals surface area contributed by atoms with E-state index >= 15 is 0 Å². The van der Waals surface area contributed by atoms with Gasteiger partial charge >= 0.3 is 0 Å². The molecule has 3 rings (SSSR count). The summed E-state index contributed by atoms with van der Waals surface area (Å²) in [7, 11) is 1.61. The average molecular weight is 579 g/mol. The van der Waals surface area contributed by atoms with E-state index in [0.717, 1.165) is 11.3 Å². The van der Waals surface area contributed by atoms with Gasteiger partial charge in [0.25, 0.3) is 5.91 Å². The lowest BCUT2D eigenvalue weighted by Crippen LogP contribution is -2.44. The fourth-order valence-corrected chi connectivity index (χ4v) is 4.67. The highest BCUT2D eigenvalue weighted by Crippen LogP contribution is 2.24. The van der Waals surface area contributed by atoms with Crippen molar-refractivity contribution in [3.05, 3.63) is 92.7 Å². The first-order valence-electron chi connectivity index (χ1n) is 12.6. The summed E-state index contributed by atoms with van der Waals surface area (Å²) in [5.41, 5.74) is 2.37. The van der Waals surface area contributed by atoms with Crippen molar-refractivity contribution in [1.82, 2.24) is 14.4 Å². The summed E-state index contributed by atoms with van der Waals surface area (Å²) in [5.74, 6) is -0.159. The van der Waals surface area contributed by atoms with Crippen LogP contribution < -0.4 is 0 Å². The van der Waals surface area contributed by atoms with E-state index < -0.39 is 0 Å². The lowest BCUT2D eigenvalue weighted by molar-refractivity contribution is -0.133. The average Bonchev–Trinajstić information content (AvgIpc) is 3.31. The minimum atomic E-state index is -0.278. The van der Waals surface area contributed by atoms with E-state index in [-0.39, 0.29) is 24.3 Å². The molecule has 0 aliphatic rings. The van der Waals surface area contributed by atoms with E-state index in [1.54, 1.807) is 24.1 Å². The number of hydrogen-bond acceptors (Lipinski definition) is 3. The highest BCUT2D eigenvalue weighted by Gasteiger charge is 2.24. The monoisotopic (exact) mass is 577 g/mol. The Balaban J connectivity index is 1.80. The van der Waals surface area contributed by atoms with Crippen LogP contribution in [0.2, 0.25) is 15.1 Å². The Morgan fingerprint density at radius 1 is 0.947 bits per heavy atom. The van der Waals surface area contributed by atoms with Crippen LogP contribution in [0.4, 0.5) is 0 Å². The number of carbonyl (C=O) groups excluding carboxylic acids is 2. The molecule has 204 valence electrons. The van der Waals surface area contributed by atoms with E-state index in [4.69, 9.17) is 39.5 Å². The van der Waals surface area contributed by atoms with Crippen LogP contribution >= 0.6 is 34.8 Å². The second kappa shape index (κ2) is 14.6. The minimum Gasteiger partial charge on any atom is -0.385 e. The molecule has 0 bridgehead atoms. The summed E-state index contributed by atoms with van der Waals surface area (Å²) < 4.78 is 7.27. The van der Waals surface area contributed by atoms with Crippen molar-refractivity contribution < 1.29 is 14.3 Å². The lowest BCUT2D eigenvalue weighted by atomic mass is 10.1. The normalized spacial score (nSPS) is 11.1. The second-order valence-corrected chi connectivity index (χ2v) is 10.8. The number of nitrogens with zero attached hydrogens (tertiary/aromatic N) is 3. The quantitative estimate of drug-likeness (QED) is 0.213. The molecule has 0 aliphatic heterocycles. The number of aromatic nitrogens is 1. The molecular formula is C29H34Cl3N3O3. The van der Waals surface area contributed by atoms with Gasteiger partial charge in [-0.15, -0.1) is 0 Å². The molecule has 6 nitrogen and oxygen atoms in total. The number of hydrogen-bond donors (Lipinski definition) is 0. The highest BCUT2D eigenvalue weighted by molar-refractivity contribution is 6.42. The van der Waals surface area contributed by atoms with Crippen molar-refractivity contribution in [2.75, 3.05) is 33.4 Å². The van der Waals surface area contributed by atoms with Gasteiger partial charge in [-0.1, -0.05) is 66.8 Å². The maximum atomic E-state index is 13.7. The van der Waals surface area contributed by atoms with Crippen LogP contribution in [0.15, 0.2) is 60.8 Å². The SMILES string of the molecule is COCCCN(CC(=O)N(Cc1cccn1Cc1ccccc1Cl)CC(C)C)C(=O)c1ccc(Cl)c(Cl)c1. The third kappa shape index (κ3) is 8.50. The summed E-state index contributed by atoms with van der Waals surface area (Å²) in [6.07, 6.45) is 2.59. The molecule has 2 amide bonds. The minimum absolute atomic E-state index is 0.0548. The van der Waals surface area contributed by atoms with Crippen molar-refractivity contribution >= 4 is 46.6 Å². The lowest BCUT2D eigenvalue weighted by Gasteiger charge is -2.29. The van der Waals surface area contributed by atoms with Gasteiger partial charge in [0.05, 0.1) is 16.6 Å². The molecule has 0 fully saturated rings. The Morgan fingerprint density at radius 3 is 2.39 bits per heavy atom. The van der Waals surface area contributed by atoms with Crippen molar-refractivity contribution in [3.8, 4) is 0 Å². The third-order valence-electron chi connectivity index (χ3n) is 6.07. The predicted molar refractivity (Wildman–Crippen MR) is 154 cm³/mol. The van der Waals surface area contributed by atoms with Crippen LogP contribution in [0.5, 0.6) is 0 Å². The largest absolute Gasteiger partial charge is 0.385 e. The molecule has 3 aromatic rings. The van der Waals surface area contributed by atoms with Gasteiger partial charge in [-0.05, 0) is 54.3 Å². The molecule has 9 heteroatoms. The van der Waals surface area contributed by atoms with Crippen molar-refractivity contribution in [2.24, 2.45) is 5.92 Å². The number of carbonyl (C=O) groups is 2. The zero-order valence-electron chi connectivity index (χ0n) is 22.0. The summed E-state index contributed by atoms with van der Waals surface area (Å²) in [6, 6.07) is 16.5. The predicted octanol–water partition coefficient (Wildman–Crippen LogP) is 6.66. The first kappa shape index (κ1) is 30.0. The van der Waals surface area contributed by atoms with E-state index in [0.29, 0.717) is 59.8 Å². The van der Waals surface area contributed by atoms with Gasteiger partial charge < -0.3 is 19.1 Å². The molecule has 0 aliphatic carbocycles. The number of methoxy groups -OCH3 is 1. The Morgan fingerprint density at radius 2 is 1.71 bits per heavy atom. The van der Waals surface area contributed by atoms with Gasteiger partial charge in [-0.3, -0.25) is 9.59 Å². The summed E-state index contributed by atoms with van der Waals surface area (Å²) in [6.45, 7) is 6.51. The topological polar surface area (TPSA) is 54.8 Å². The van der Waals surface area contributed by atoms with Gasteiger partial charge in [0.15, 0.2) is 0 Å². The highest BCUT2D eigenvalue weighted by atomic mass is 35.5. The number of rotatable bonds is 13. The molecule has 0 spiro atoms. The Hall–Kier alpha value is -2.51. The smallest absolute Gasteiger partial charge is 0.254 e. The van der Waals surface area contributed by atoms with E-state index in [2.05, 4.69) is 18.4 Å². The first-order valence-corrected chi connectivity index (χ1v) is 13.7. The fraction of sp³-hybridized carbons (Fsp3) is 0.379. The molecule has 0 atom stereocenters. The maximum Gasteiger partial charge on any atom is 0.254 e. The van der Waals surface area contributed by atoms with E-state index in [9.17, 15) is 9.59 Å². The molecule has 0 N–H and O–H groups in total. The first-order chi connectivity index (χ1) is 18.2. The van der Waals surface area contributed by atoms with Gasteiger partial charge in [0.2, 0.25) is 5.91 Å². The second-order valence-electron chi connectivity index (χ2n) is 9.59. The van der Waals surface area contributed by atoms with E-state index in [1.807, 2.05) is 47.5 Å². The van der Waals surface area contributed by atoms with Crippen LogP contribution in [0, 0.1) is 5.92 Å². The molecule has 0 unspecified atom stereocenters. The zero-order valence-corrected chi connectivity index (χ0v) is 24.3. The molecule has 1 heterocycles. The Labute approximate surface area is 240 Å². The molecule has 0 radical (unpaired) electrons. The Kier molecular flexibility index (Phi) is 11.5. The van der Waals surface area contributed by atoms with Crippen molar-refractivity contribution in [3.63, 3.8) is 0 Å². The molecule has 2 aromatic carbocycles. The van der Waals surface area contributed by atoms with Crippen LogP contribution in [0.1, 0.15) is 41.9 Å². The Bertz CT molecular complexity index is 1230. The summed E-state index contributed by atoms with van der Waals surface area (Å²) in [5, 5.41) is 1.37. The van der Waals surface area contributed by atoms with Gasteiger partial charge in [0.1, 0.15) is 6.54 Å². The van der Waals surface area contributed by atoms with Crippen LogP contribution in [0.25, 0.3) is 0 Å². The number of amides is 2. The summed E-state index contributed by atoms with van der Waals surface area (Å²) >= 11 is 18.6. The molecule has 0 saturated carbocycles. The van der Waals surface area contributed by atoms with Crippen molar-refractivity contribution in [2.45, 2.75) is 33.4 Å². The van der Waals surface area contributed by atoms with E-state index in [1.165, 1.54) is 6.07 Å². The van der Waals surface area contributed by atoms with Gasteiger partial charge in [-0.25, -0.2) is 0 Å². The number of benzene rings is 2. The standard InChI is InChI=1S/C29H34Cl3N3O3/c1-21(2)17-35(19-24-9-6-13-33(24)18-23-8-4-5-10-25(23)30)28(36)20-34(14-7-15-38-3)29(37)22-11-12-26(31)27(32)16-22/h4-6,8-13,16,21H,7,14-15,17-20H2,1-3H3. The summed E-state index contributed by atoms with van der Waals surface area (Å²) in [4.78, 5) is 30.4. The molecule has 0 saturated heterocycles. The fourth-order valence-electron chi connectivity index (χ4n) is 4.18. The molecule has 38 heavy (non-hydrogen) atoms. The van der Waals surface area contributed by atoms with Crippen molar-refractivity contribution in [1.29, 1.82) is 0 Å². The van der Waals surface area contributed by atoms with Gasteiger partial charge in [-0.2, -0.15) is 0 Å². The zero-order chi connectivity index (χ0) is 27.7. The van der Waals surface area contributed by atoms with Crippen LogP contribution in [-0.2, 0) is 22.6 Å².